The molecule has 96 valence electrons. The number of aromatic nitrogens is 2. The number of hydrogen-bond donors (Lipinski definition) is 1. The molecule has 0 bridgehead atoms. The molecule has 0 aliphatic carbocycles. The minimum atomic E-state index is -0.540. The largest absolute Gasteiger partial charge is 0.345 e. The molecule has 0 radical (unpaired) electrons. The molecule has 1 heterocycles. The van der Waals surface area contributed by atoms with Gasteiger partial charge in [0.05, 0.1) is 11.3 Å². The monoisotopic (exact) mass is 257 g/mol. The normalized spacial score (nSPS) is 10.5. The number of nitrogens with zero attached hydrogens (tertiary/aromatic N) is 2. The average Bonchev–Trinajstić information content (AvgIpc) is 2.37. The number of benzene rings is 1. The number of rotatable bonds is 2. The molecule has 4 nitrogen and oxygen atoms in total. The Morgan fingerprint density at radius 3 is 2.74 bits per heavy atom. The van der Waals surface area contributed by atoms with E-state index >= 15 is 0 Å². The van der Waals surface area contributed by atoms with Crippen LogP contribution in [0.15, 0.2) is 29.1 Å². The Labute approximate surface area is 109 Å². The molecule has 0 aliphatic heterocycles. The lowest BCUT2D eigenvalue weighted by Crippen LogP contribution is -2.17. The summed E-state index contributed by atoms with van der Waals surface area (Å²) in [5.41, 5.74) is 0.892. The number of aromatic amines is 1. The van der Waals surface area contributed by atoms with Crippen molar-refractivity contribution >= 4 is 0 Å². The molecular formula is C14H12FN3O. The van der Waals surface area contributed by atoms with Crippen LogP contribution in [0.4, 0.5) is 4.39 Å². The van der Waals surface area contributed by atoms with Gasteiger partial charge in [-0.3, -0.25) is 0 Å². The van der Waals surface area contributed by atoms with Crippen molar-refractivity contribution in [3.63, 3.8) is 0 Å². The molecule has 0 aliphatic rings. The molecule has 1 aromatic heterocycles. The van der Waals surface area contributed by atoms with E-state index in [0.717, 1.165) is 0 Å². The highest BCUT2D eigenvalue weighted by Gasteiger charge is 2.16. The van der Waals surface area contributed by atoms with Crippen LogP contribution in [0.25, 0.3) is 11.3 Å². The molecule has 0 unspecified atom stereocenters. The van der Waals surface area contributed by atoms with Crippen LogP contribution in [-0.2, 0) is 0 Å². The fourth-order valence-corrected chi connectivity index (χ4v) is 1.88. The molecule has 0 amide bonds. The van der Waals surface area contributed by atoms with Gasteiger partial charge in [-0.2, -0.15) is 10.2 Å². The lowest BCUT2D eigenvalue weighted by Gasteiger charge is -2.10. The predicted octanol–water partition coefficient (Wildman–Crippen LogP) is 2.57. The Hall–Kier alpha value is -2.48. The van der Waals surface area contributed by atoms with E-state index in [-0.39, 0.29) is 17.2 Å². The van der Waals surface area contributed by atoms with Crippen LogP contribution < -0.4 is 5.69 Å². The van der Waals surface area contributed by atoms with E-state index in [1.807, 2.05) is 19.9 Å². The molecule has 2 rings (SSSR count). The van der Waals surface area contributed by atoms with Crippen LogP contribution in [-0.4, -0.2) is 9.97 Å². The van der Waals surface area contributed by atoms with Gasteiger partial charge in [0.1, 0.15) is 11.9 Å². The van der Waals surface area contributed by atoms with E-state index < -0.39 is 11.5 Å². The van der Waals surface area contributed by atoms with Crippen LogP contribution in [0.5, 0.6) is 0 Å². The zero-order chi connectivity index (χ0) is 14.0. The SMILES string of the molecule is CC(C)c1[nH]c(=O)nc(-c2cccc(F)c2)c1C#N. The van der Waals surface area contributed by atoms with E-state index in [1.54, 1.807) is 6.07 Å². The first kappa shape index (κ1) is 13.0. The van der Waals surface area contributed by atoms with Gasteiger partial charge in [-0.25, -0.2) is 9.18 Å². The van der Waals surface area contributed by atoms with Gasteiger partial charge in [-0.1, -0.05) is 26.0 Å². The van der Waals surface area contributed by atoms with Crippen molar-refractivity contribution in [2.24, 2.45) is 0 Å². The van der Waals surface area contributed by atoms with Crippen molar-refractivity contribution in [2.45, 2.75) is 19.8 Å². The van der Waals surface area contributed by atoms with Gasteiger partial charge in [0.2, 0.25) is 0 Å². The highest BCUT2D eigenvalue weighted by Crippen LogP contribution is 2.25. The van der Waals surface area contributed by atoms with Crippen molar-refractivity contribution in [3.8, 4) is 17.3 Å². The van der Waals surface area contributed by atoms with Gasteiger partial charge in [-0.05, 0) is 18.1 Å². The highest BCUT2D eigenvalue weighted by molar-refractivity contribution is 5.67. The molecule has 0 saturated carbocycles. The fourth-order valence-electron chi connectivity index (χ4n) is 1.88. The lowest BCUT2D eigenvalue weighted by molar-refractivity contribution is 0.628. The van der Waals surface area contributed by atoms with Crippen LogP contribution in [0, 0.1) is 17.1 Å². The van der Waals surface area contributed by atoms with E-state index in [4.69, 9.17) is 0 Å². The first-order valence-corrected chi connectivity index (χ1v) is 5.83. The standard InChI is InChI=1S/C14H12FN3O/c1-8(2)12-11(7-16)13(18-14(19)17-12)9-4-3-5-10(15)6-9/h3-6,8H,1-2H3,(H,17,18,19). The van der Waals surface area contributed by atoms with E-state index in [1.165, 1.54) is 18.2 Å². The molecule has 19 heavy (non-hydrogen) atoms. The number of halogens is 1. The number of H-pyrrole nitrogens is 1. The molecule has 0 spiro atoms. The summed E-state index contributed by atoms with van der Waals surface area (Å²) in [7, 11) is 0. The van der Waals surface area contributed by atoms with Gasteiger partial charge in [0, 0.05) is 11.3 Å². The minimum absolute atomic E-state index is 0.0299. The molecule has 0 saturated heterocycles. The third-order valence-corrected chi connectivity index (χ3v) is 2.75. The molecule has 1 aromatic carbocycles. The van der Waals surface area contributed by atoms with Crippen LogP contribution in [0.2, 0.25) is 0 Å². The van der Waals surface area contributed by atoms with Gasteiger partial charge >= 0.3 is 5.69 Å². The lowest BCUT2D eigenvalue weighted by atomic mass is 9.99. The van der Waals surface area contributed by atoms with Crippen molar-refractivity contribution in [1.82, 2.24) is 9.97 Å². The van der Waals surface area contributed by atoms with Crippen LogP contribution in [0.3, 0.4) is 0 Å². The summed E-state index contributed by atoms with van der Waals surface area (Å²) >= 11 is 0. The Morgan fingerprint density at radius 1 is 1.42 bits per heavy atom. The smallest absolute Gasteiger partial charge is 0.308 e. The van der Waals surface area contributed by atoms with E-state index in [0.29, 0.717) is 11.3 Å². The summed E-state index contributed by atoms with van der Waals surface area (Å²) in [6.45, 7) is 3.73. The summed E-state index contributed by atoms with van der Waals surface area (Å²) in [5, 5.41) is 9.26. The Kier molecular flexibility index (Phi) is 3.43. The Morgan fingerprint density at radius 2 is 2.16 bits per heavy atom. The molecule has 2 aromatic rings. The second kappa shape index (κ2) is 5.02. The second-order valence-corrected chi connectivity index (χ2v) is 4.46. The zero-order valence-corrected chi connectivity index (χ0v) is 10.6. The van der Waals surface area contributed by atoms with E-state index in [9.17, 15) is 14.4 Å². The summed E-state index contributed by atoms with van der Waals surface area (Å²) < 4.78 is 13.3. The highest BCUT2D eigenvalue weighted by atomic mass is 19.1. The maximum Gasteiger partial charge on any atom is 0.345 e. The predicted molar refractivity (Wildman–Crippen MR) is 69.1 cm³/mol. The summed E-state index contributed by atoms with van der Waals surface area (Å²) in [6, 6.07) is 7.73. The molecule has 1 N–H and O–H groups in total. The second-order valence-electron chi connectivity index (χ2n) is 4.46. The Balaban J connectivity index is 2.77. The van der Waals surface area contributed by atoms with Crippen LogP contribution >= 0.6 is 0 Å². The summed E-state index contributed by atoms with van der Waals surface area (Å²) in [6.07, 6.45) is 0. The average molecular weight is 257 g/mol. The van der Waals surface area contributed by atoms with Crippen molar-refractivity contribution in [2.75, 3.05) is 0 Å². The summed E-state index contributed by atoms with van der Waals surface area (Å²) in [4.78, 5) is 17.9. The third kappa shape index (κ3) is 2.52. The van der Waals surface area contributed by atoms with Gasteiger partial charge in [0.15, 0.2) is 0 Å². The quantitative estimate of drug-likeness (QED) is 0.898. The number of nitriles is 1. The zero-order valence-electron chi connectivity index (χ0n) is 10.6. The Bertz CT molecular complexity index is 713. The fraction of sp³-hybridized carbons (Fsp3) is 0.214. The molecular weight excluding hydrogens is 245 g/mol. The van der Waals surface area contributed by atoms with Crippen molar-refractivity contribution in [1.29, 1.82) is 5.26 Å². The van der Waals surface area contributed by atoms with E-state index in [2.05, 4.69) is 9.97 Å². The first-order chi connectivity index (χ1) is 9.02. The number of hydrogen-bond acceptors (Lipinski definition) is 3. The topological polar surface area (TPSA) is 69.5 Å². The third-order valence-electron chi connectivity index (χ3n) is 2.75. The summed E-state index contributed by atoms with van der Waals surface area (Å²) in [5.74, 6) is -0.466. The van der Waals surface area contributed by atoms with Crippen molar-refractivity contribution < 1.29 is 4.39 Å². The minimum Gasteiger partial charge on any atom is -0.308 e. The van der Waals surface area contributed by atoms with Gasteiger partial charge < -0.3 is 4.98 Å². The first-order valence-electron chi connectivity index (χ1n) is 5.83. The molecule has 0 atom stereocenters. The number of nitrogens with one attached hydrogen (secondary N) is 1. The molecule has 0 fully saturated rings. The maximum atomic E-state index is 13.3. The van der Waals surface area contributed by atoms with Gasteiger partial charge in [0.25, 0.3) is 0 Å². The molecule has 5 heteroatoms. The van der Waals surface area contributed by atoms with Crippen molar-refractivity contribution in [3.05, 3.63) is 51.8 Å². The maximum absolute atomic E-state index is 13.3. The van der Waals surface area contributed by atoms with Crippen LogP contribution in [0.1, 0.15) is 31.0 Å². The van der Waals surface area contributed by atoms with Gasteiger partial charge in [-0.15, -0.1) is 0 Å².